The predicted octanol–water partition coefficient (Wildman–Crippen LogP) is 5.86. The fourth-order valence-corrected chi connectivity index (χ4v) is 3.18. The summed E-state index contributed by atoms with van der Waals surface area (Å²) in [5.41, 5.74) is 2.17. The number of rotatable bonds is 3. The number of benzene rings is 3. The molecule has 27 heavy (non-hydrogen) atoms. The largest absolute Gasteiger partial charge is 0.268 e. The van der Waals surface area contributed by atoms with E-state index in [2.05, 4.69) is 4.98 Å². The Morgan fingerprint density at radius 2 is 1.56 bits per heavy atom. The standard InChI is InChI=1S/C22H14Cl2N2O/c23-18-12-10-15(14-19(18)24)11-13-21-25-20-9-5-4-8-17(20)22(27)26(21)16-6-2-1-3-7-16/h1-14H. The maximum atomic E-state index is 13.1. The highest BCUT2D eigenvalue weighted by Crippen LogP contribution is 2.23. The lowest BCUT2D eigenvalue weighted by Crippen LogP contribution is -2.22. The molecule has 3 nitrogen and oxygen atoms in total. The Labute approximate surface area is 166 Å². The van der Waals surface area contributed by atoms with Gasteiger partial charge in [-0.25, -0.2) is 4.98 Å². The monoisotopic (exact) mass is 392 g/mol. The molecule has 0 radical (unpaired) electrons. The lowest BCUT2D eigenvalue weighted by Gasteiger charge is -2.11. The van der Waals surface area contributed by atoms with Crippen LogP contribution in [0.25, 0.3) is 28.7 Å². The lowest BCUT2D eigenvalue weighted by molar-refractivity contribution is 0.944. The van der Waals surface area contributed by atoms with E-state index in [0.29, 0.717) is 26.8 Å². The third-order valence-corrected chi connectivity index (χ3v) is 4.92. The quantitative estimate of drug-likeness (QED) is 0.437. The Hall–Kier alpha value is -2.88. The van der Waals surface area contributed by atoms with Crippen LogP contribution in [0.4, 0.5) is 0 Å². The van der Waals surface area contributed by atoms with Crippen LogP contribution in [-0.2, 0) is 0 Å². The molecule has 0 saturated carbocycles. The molecule has 0 aliphatic rings. The molecule has 3 aromatic carbocycles. The third kappa shape index (κ3) is 3.52. The van der Waals surface area contributed by atoms with E-state index in [0.717, 1.165) is 11.3 Å². The van der Waals surface area contributed by atoms with Gasteiger partial charge in [-0.1, -0.05) is 65.7 Å². The van der Waals surface area contributed by atoms with Gasteiger partial charge in [0.05, 0.1) is 26.6 Å². The number of para-hydroxylation sites is 2. The second-order valence-corrected chi connectivity index (χ2v) is 6.78. The number of halogens is 2. The summed E-state index contributed by atoms with van der Waals surface area (Å²) in [4.78, 5) is 17.8. The van der Waals surface area contributed by atoms with Crippen molar-refractivity contribution in [3.05, 3.63) is 105 Å². The van der Waals surface area contributed by atoms with E-state index in [1.54, 1.807) is 28.8 Å². The van der Waals surface area contributed by atoms with Gasteiger partial charge in [-0.05, 0) is 48.0 Å². The molecule has 0 bridgehead atoms. The van der Waals surface area contributed by atoms with Crippen molar-refractivity contribution in [1.29, 1.82) is 0 Å². The molecule has 132 valence electrons. The Balaban J connectivity index is 1.92. The van der Waals surface area contributed by atoms with E-state index in [1.807, 2.05) is 60.7 Å². The molecule has 0 unspecified atom stereocenters. The van der Waals surface area contributed by atoms with E-state index in [-0.39, 0.29) is 5.56 Å². The van der Waals surface area contributed by atoms with Gasteiger partial charge in [-0.15, -0.1) is 0 Å². The first-order chi connectivity index (χ1) is 13.1. The highest BCUT2D eigenvalue weighted by Gasteiger charge is 2.10. The molecule has 0 fully saturated rings. The maximum Gasteiger partial charge on any atom is 0.266 e. The molecule has 0 amide bonds. The molecule has 1 aromatic heterocycles. The van der Waals surface area contributed by atoms with Crippen LogP contribution >= 0.6 is 23.2 Å². The summed E-state index contributed by atoms with van der Waals surface area (Å²) >= 11 is 12.1. The first-order valence-corrected chi connectivity index (χ1v) is 9.09. The summed E-state index contributed by atoms with van der Waals surface area (Å²) in [6, 6.07) is 22.2. The van der Waals surface area contributed by atoms with Gasteiger partial charge in [-0.2, -0.15) is 0 Å². The van der Waals surface area contributed by atoms with E-state index in [9.17, 15) is 4.79 Å². The van der Waals surface area contributed by atoms with E-state index in [1.165, 1.54) is 0 Å². The molecular weight excluding hydrogens is 379 g/mol. The maximum absolute atomic E-state index is 13.1. The van der Waals surface area contributed by atoms with E-state index in [4.69, 9.17) is 23.2 Å². The molecule has 4 rings (SSSR count). The average Bonchev–Trinajstić information content (AvgIpc) is 2.70. The average molecular weight is 393 g/mol. The normalized spacial score (nSPS) is 11.3. The molecule has 0 aliphatic heterocycles. The highest BCUT2D eigenvalue weighted by atomic mass is 35.5. The Morgan fingerprint density at radius 1 is 0.815 bits per heavy atom. The van der Waals surface area contributed by atoms with Crippen molar-refractivity contribution in [3.8, 4) is 5.69 Å². The van der Waals surface area contributed by atoms with Gasteiger partial charge in [0.25, 0.3) is 5.56 Å². The van der Waals surface area contributed by atoms with Crippen LogP contribution in [0.2, 0.25) is 10.0 Å². The minimum absolute atomic E-state index is 0.111. The second-order valence-electron chi connectivity index (χ2n) is 5.97. The SMILES string of the molecule is O=c1c2ccccc2nc(C=Cc2ccc(Cl)c(Cl)c2)n1-c1ccccc1. The van der Waals surface area contributed by atoms with Crippen LogP contribution in [0.15, 0.2) is 77.6 Å². The Bertz CT molecular complexity index is 1210. The first kappa shape index (κ1) is 17.5. The van der Waals surface area contributed by atoms with Crippen LogP contribution in [0.3, 0.4) is 0 Å². The van der Waals surface area contributed by atoms with Crippen molar-refractivity contribution < 1.29 is 0 Å². The minimum atomic E-state index is -0.111. The summed E-state index contributed by atoms with van der Waals surface area (Å²) in [6.07, 6.45) is 3.67. The number of hydrogen-bond donors (Lipinski definition) is 0. The zero-order chi connectivity index (χ0) is 18.8. The number of nitrogens with zero attached hydrogens (tertiary/aromatic N) is 2. The third-order valence-electron chi connectivity index (χ3n) is 4.18. The van der Waals surface area contributed by atoms with Crippen LogP contribution < -0.4 is 5.56 Å². The van der Waals surface area contributed by atoms with Gasteiger partial charge in [0.2, 0.25) is 0 Å². The summed E-state index contributed by atoms with van der Waals surface area (Å²) in [7, 11) is 0. The Kier molecular flexibility index (Phi) is 4.80. The summed E-state index contributed by atoms with van der Waals surface area (Å²) < 4.78 is 1.61. The van der Waals surface area contributed by atoms with Gasteiger partial charge in [0.1, 0.15) is 5.82 Å². The lowest BCUT2D eigenvalue weighted by atomic mass is 10.2. The van der Waals surface area contributed by atoms with Gasteiger partial charge in [0.15, 0.2) is 0 Å². The summed E-state index contributed by atoms with van der Waals surface area (Å²) in [6.45, 7) is 0. The molecule has 4 aromatic rings. The smallest absolute Gasteiger partial charge is 0.266 e. The minimum Gasteiger partial charge on any atom is -0.268 e. The van der Waals surface area contributed by atoms with Crippen molar-refractivity contribution in [3.63, 3.8) is 0 Å². The molecular formula is C22H14Cl2N2O. The van der Waals surface area contributed by atoms with E-state index < -0.39 is 0 Å². The zero-order valence-electron chi connectivity index (χ0n) is 14.1. The van der Waals surface area contributed by atoms with Crippen molar-refractivity contribution in [2.75, 3.05) is 0 Å². The molecule has 1 heterocycles. The molecule has 0 spiro atoms. The van der Waals surface area contributed by atoms with Gasteiger partial charge < -0.3 is 0 Å². The van der Waals surface area contributed by atoms with Crippen molar-refractivity contribution in [1.82, 2.24) is 9.55 Å². The van der Waals surface area contributed by atoms with Crippen LogP contribution in [0.1, 0.15) is 11.4 Å². The van der Waals surface area contributed by atoms with Crippen LogP contribution in [0, 0.1) is 0 Å². The van der Waals surface area contributed by atoms with Gasteiger partial charge in [0, 0.05) is 0 Å². The second kappa shape index (κ2) is 7.39. The number of fused-ring (bicyclic) bond motifs is 1. The summed E-state index contributed by atoms with van der Waals surface area (Å²) in [5.74, 6) is 0.538. The van der Waals surface area contributed by atoms with Crippen molar-refractivity contribution in [2.45, 2.75) is 0 Å². The molecule has 5 heteroatoms. The predicted molar refractivity (Wildman–Crippen MR) is 113 cm³/mol. The molecule has 0 atom stereocenters. The fourth-order valence-electron chi connectivity index (χ4n) is 2.88. The van der Waals surface area contributed by atoms with Crippen molar-refractivity contribution in [2.24, 2.45) is 0 Å². The first-order valence-electron chi connectivity index (χ1n) is 8.34. The Morgan fingerprint density at radius 3 is 2.33 bits per heavy atom. The topological polar surface area (TPSA) is 34.9 Å². The number of hydrogen-bond acceptors (Lipinski definition) is 2. The highest BCUT2D eigenvalue weighted by molar-refractivity contribution is 6.42. The molecule has 0 N–H and O–H groups in total. The van der Waals surface area contributed by atoms with E-state index >= 15 is 0 Å². The number of aromatic nitrogens is 2. The van der Waals surface area contributed by atoms with Crippen LogP contribution in [-0.4, -0.2) is 9.55 Å². The fraction of sp³-hybridized carbons (Fsp3) is 0. The van der Waals surface area contributed by atoms with Crippen LogP contribution in [0.5, 0.6) is 0 Å². The molecule has 0 aliphatic carbocycles. The van der Waals surface area contributed by atoms with Crippen molar-refractivity contribution >= 4 is 46.3 Å². The van der Waals surface area contributed by atoms with Gasteiger partial charge in [-0.3, -0.25) is 9.36 Å². The zero-order valence-corrected chi connectivity index (χ0v) is 15.7. The molecule has 0 saturated heterocycles. The summed E-state index contributed by atoms with van der Waals surface area (Å²) in [5, 5.41) is 1.55. The van der Waals surface area contributed by atoms with Gasteiger partial charge >= 0.3 is 0 Å².